The number of rotatable bonds is 5. The van der Waals surface area contributed by atoms with Crippen molar-refractivity contribution in [1.82, 2.24) is 4.98 Å². The monoisotopic (exact) mass is 358 g/mol. The van der Waals surface area contributed by atoms with Crippen LogP contribution in [-0.4, -0.2) is 21.8 Å². The van der Waals surface area contributed by atoms with E-state index >= 15 is 0 Å². The Hall–Kier alpha value is -2.08. The van der Waals surface area contributed by atoms with E-state index in [2.05, 4.69) is 4.98 Å². The number of halogens is 1. The molecular formula is C18H15ClN2O2S. The molecule has 0 fully saturated rings. The van der Waals surface area contributed by atoms with Crippen molar-refractivity contribution in [3.8, 4) is 0 Å². The van der Waals surface area contributed by atoms with E-state index < -0.39 is 12.0 Å². The Morgan fingerprint density at radius 3 is 2.62 bits per heavy atom. The van der Waals surface area contributed by atoms with Crippen molar-refractivity contribution in [2.24, 2.45) is 5.73 Å². The van der Waals surface area contributed by atoms with Crippen LogP contribution in [0, 0.1) is 0 Å². The van der Waals surface area contributed by atoms with Crippen molar-refractivity contribution in [2.45, 2.75) is 11.1 Å². The third kappa shape index (κ3) is 3.70. The molecule has 6 heteroatoms. The Morgan fingerprint density at radius 2 is 1.92 bits per heavy atom. The minimum atomic E-state index is -0.655. The Balaban J connectivity index is 1.82. The van der Waals surface area contributed by atoms with Crippen LogP contribution >= 0.6 is 23.4 Å². The van der Waals surface area contributed by atoms with E-state index in [1.54, 1.807) is 30.3 Å². The second-order valence-corrected chi connectivity index (χ2v) is 6.74. The summed E-state index contributed by atoms with van der Waals surface area (Å²) in [6.07, 6.45) is -0.655. The fraction of sp³-hybridized carbons (Fsp3) is 0.111. The van der Waals surface area contributed by atoms with Crippen LogP contribution in [0.2, 0.25) is 5.02 Å². The Kier molecular flexibility index (Phi) is 5.04. The van der Waals surface area contributed by atoms with Crippen molar-refractivity contribution >= 4 is 40.2 Å². The lowest BCUT2D eigenvalue weighted by Crippen LogP contribution is -2.12. The van der Waals surface area contributed by atoms with Gasteiger partial charge in [0.25, 0.3) is 0 Å². The SMILES string of the molecule is NC(=O)c1cc(SC[C@@H](O)c2ccc(Cl)cc2)nc2ccccc12. The number of aliphatic hydroxyl groups excluding tert-OH is 1. The van der Waals surface area contributed by atoms with E-state index in [4.69, 9.17) is 17.3 Å². The van der Waals surface area contributed by atoms with Crippen molar-refractivity contribution in [2.75, 3.05) is 5.75 Å². The molecule has 0 aliphatic heterocycles. The van der Waals surface area contributed by atoms with Crippen LogP contribution in [0.4, 0.5) is 0 Å². The van der Waals surface area contributed by atoms with Crippen LogP contribution in [0.15, 0.2) is 59.6 Å². The first-order chi connectivity index (χ1) is 11.5. The summed E-state index contributed by atoms with van der Waals surface area (Å²) in [4.78, 5) is 16.2. The summed E-state index contributed by atoms with van der Waals surface area (Å²) in [5, 5.41) is 12.3. The van der Waals surface area contributed by atoms with Crippen LogP contribution in [0.1, 0.15) is 22.0 Å². The molecule has 0 saturated heterocycles. The predicted molar refractivity (Wildman–Crippen MR) is 97.4 cm³/mol. The number of pyridine rings is 1. The highest BCUT2D eigenvalue weighted by Crippen LogP contribution is 2.27. The molecule has 0 aliphatic rings. The molecule has 0 unspecified atom stereocenters. The Morgan fingerprint density at radius 1 is 1.21 bits per heavy atom. The summed E-state index contributed by atoms with van der Waals surface area (Å²) >= 11 is 7.22. The molecule has 122 valence electrons. The predicted octanol–water partition coefficient (Wildman–Crippen LogP) is 3.81. The van der Waals surface area contributed by atoms with E-state index in [0.29, 0.717) is 26.9 Å². The third-order valence-electron chi connectivity index (χ3n) is 3.60. The molecule has 4 nitrogen and oxygen atoms in total. The number of thioether (sulfide) groups is 1. The molecule has 2 aromatic carbocycles. The number of carbonyl (C=O) groups excluding carboxylic acids is 1. The number of hydrogen-bond acceptors (Lipinski definition) is 4. The lowest BCUT2D eigenvalue weighted by molar-refractivity contribution is 0.100. The molecule has 3 aromatic rings. The third-order valence-corrected chi connectivity index (χ3v) is 4.84. The van der Waals surface area contributed by atoms with Gasteiger partial charge in [0.2, 0.25) is 5.91 Å². The van der Waals surface area contributed by atoms with Gasteiger partial charge >= 0.3 is 0 Å². The molecule has 0 aliphatic carbocycles. The van der Waals surface area contributed by atoms with Gasteiger partial charge in [0.1, 0.15) is 0 Å². The van der Waals surface area contributed by atoms with Gasteiger partial charge < -0.3 is 10.8 Å². The number of nitrogens with two attached hydrogens (primary N) is 1. The summed E-state index contributed by atoms with van der Waals surface area (Å²) < 4.78 is 0. The van der Waals surface area contributed by atoms with E-state index in [9.17, 15) is 9.90 Å². The second kappa shape index (κ2) is 7.21. The number of aliphatic hydroxyl groups is 1. The van der Waals surface area contributed by atoms with E-state index in [-0.39, 0.29) is 0 Å². The van der Waals surface area contributed by atoms with Gasteiger partial charge in [0, 0.05) is 16.2 Å². The van der Waals surface area contributed by atoms with Gasteiger partial charge in [-0.25, -0.2) is 4.98 Å². The summed E-state index contributed by atoms with van der Waals surface area (Å²) in [7, 11) is 0. The zero-order valence-corrected chi connectivity index (χ0v) is 14.2. The number of fused-ring (bicyclic) bond motifs is 1. The largest absolute Gasteiger partial charge is 0.388 e. The van der Waals surface area contributed by atoms with Crippen LogP contribution in [0.5, 0.6) is 0 Å². The lowest BCUT2D eigenvalue weighted by Gasteiger charge is -2.11. The lowest BCUT2D eigenvalue weighted by atomic mass is 10.1. The highest BCUT2D eigenvalue weighted by atomic mass is 35.5. The quantitative estimate of drug-likeness (QED) is 0.680. The van der Waals surface area contributed by atoms with E-state index in [1.165, 1.54) is 11.8 Å². The van der Waals surface area contributed by atoms with Gasteiger partial charge in [0.05, 0.1) is 22.2 Å². The van der Waals surface area contributed by atoms with E-state index in [1.807, 2.05) is 24.3 Å². The standard InChI is InChI=1S/C18H15ClN2O2S/c19-12-7-5-11(6-8-12)16(22)10-24-17-9-14(18(20)23)13-3-1-2-4-15(13)21-17/h1-9,16,22H,10H2,(H2,20,23)/t16-/m1/s1. The fourth-order valence-corrected chi connectivity index (χ4v) is 3.39. The van der Waals surface area contributed by atoms with Crippen LogP contribution in [-0.2, 0) is 0 Å². The maximum atomic E-state index is 11.7. The number of aromatic nitrogens is 1. The molecule has 1 heterocycles. The van der Waals surface area contributed by atoms with Gasteiger partial charge in [-0.15, -0.1) is 11.8 Å². The topological polar surface area (TPSA) is 76.2 Å². The second-order valence-electron chi connectivity index (χ2n) is 5.27. The van der Waals surface area contributed by atoms with Crippen molar-refractivity contribution in [1.29, 1.82) is 0 Å². The van der Waals surface area contributed by atoms with Crippen molar-refractivity contribution < 1.29 is 9.90 Å². The van der Waals surface area contributed by atoms with Crippen molar-refractivity contribution in [3.05, 3.63) is 70.7 Å². The zero-order chi connectivity index (χ0) is 17.1. The highest BCUT2D eigenvalue weighted by molar-refractivity contribution is 7.99. The maximum Gasteiger partial charge on any atom is 0.249 e. The molecule has 0 radical (unpaired) electrons. The molecule has 3 N–H and O–H groups in total. The first-order valence-electron chi connectivity index (χ1n) is 7.30. The molecule has 1 atom stereocenters. The highest BCUT2D eigenvalue weighted by Gasteiger charge is 2.13. The summed E-state index contributed by atoms with van der Waals surface area (Å²) in [6.45, 7) is 0. The number of carbonyl (C=O) groups is 1. The normalized spacial score (nSPS) is 12.2. The molecule has 0 saturated carbocycles. The van der Waals surface area contributed by atoms with Gasteiger partial charge in [-0.2, -0.15) is 0 Å². The average Bonchev–Trinajstić information content (AvgIpc) is 2.59. The minimum Gasteiger partial charge on any atom is -0.388 e. The molecule has 1 amide bonds. The molecule has 3 rings (SSSR count). The number of benzene rings is 2. The van der Waals surface area contributed by atoms with Crippen molar-refractivity contribution in [3.63, 3.8) is 0 Å². The summed E-state index contributed by atoms with van der Waals surface area (Å²) in [6, 6.07) is 16.1. The molecular weight excluding hydrogens is 344 g/mol. The van der Waals surface area contributed by atoms with Gasteiger partial charge in [-0.1, -0.05) is 41.9 Å². The summed E-state index contributed by atoms with van der Waals surface area (Å²) in [5.74, 6) is -0.0840. The van der Waals surface area contributed by atoms with Crippen LogP contribution in [0.3, 0.4) is 0 Å². The van der Waals surface area contributed by atoms with Crippen LogP contribution in [0.25, 0.3) is 10.9 Å². The zero-order valence-electron chi connectivity index (χ0n) is 12.6. The number of para-hydroxylation sites is 1. The average molecular weight is 359 g/mol. The number of amides is 1. The fourth-order valence-electron chi connectivity index (χ4n) is 2.37. The van der Waals surface area contributed by atoms with Gasteiger partial charge in [-0.05, 0) is 29.8 Å². The van der Waals surface area contributed by atoms with Crippen LogP contribution < -0.4 is 5.73 Å². The van der Waals surface area contributed by atoms with Gasteiger partial charge in [-0.3, -0.25) is 4.79 Å². The first kappa shape index (κ1) is 16.8. The summed E-state index contributed by atoms with van der Waals surface area (Å²) in [5.41, 5.74) is 7.39. The Bertz CT molecular complexity index is 884. The molecule has 1 aromatic heterocycles. The first-order valence-corrected chi connectivity index (χ1v) is 8.67. The molecule has 0 bridgehead atoms. The van der Waals surface area contributed by atoms with Gasteiger partial charge in [0.15, 0.2) is 0 Å². The van der Waals surface area contributed by atoms with E-state index in [0.717, 1.165) is 10.9 Å². The maximum absolute atomic E-state index is 11.7. The number of nitrogens with zero attached hydrogens (tertiary/aromatic N) is 1. The smallest absolute Gasteiger partial charge is 0.249 e. The number of primary amides is 1. The number of hydrogen-bond donors (Lipinski definition) is 2. The molecule has 0 spiro atoms. The minimum absolute atomic E-state index is 0.408. The molecule has 24 heavy (non-hydrogen) atoms. The Labute approximate surface area is 148 Å².